The monoisotopic (exact) mass is 473 g/mol. The second kappa shape index (κ2) is 11.8. The number of carbonyl (C=O) groups excluding carboxylic acids is 1. The van der Waals surface area contributed by atoms with Crippen molar-refractivity contribution in [2.45, 2.75) is 57.4 Å². The number of nitrogens with zero attached hydrogens (tertiary/aromatic N) is 3. The number of benzene rings is 1. The van der Waals surface area contributed by atoms with Crippen LogP contribution in [0, 0.1) is 5.92 Å². The van der Waals surface area contributed by atoms with E-state index in [1.807, 2.05) is 36.4 Å². The van der Waals surface area contributed by atoms with Gasteiger partial charge in [-0.1, -0.05) is 50.0 Å². The van der Waals surface area contributed by atoms with Gasteiger partial charge >= 0.3 is 0 Å². The second-order valence-electron chi connectivity index (χ2n) is 10.2. The van der Waals surface area contributed by atoms with Gasteiger partial charge in [0.25, 0.3) is 5.91 Å². The molecule has 6 nitrogen and oxygen atoms in total. The standard InChI is InChI=1S/C29H39N5O/c35-29-25-14-4-5-16-27(25)34(28-26(32-29)15-10-17-31-28)20-9-8-19-33-18-7-6-13-24(33)22-30-21-23-11-2-1-3-12-23/h4-5,8-10,14-17,23-24,30H,1-3,6-7,11-13,18-22H2,(H,32,35)/b9-8-. The molecule has 1 aromatic carbocycles. The fourth-order valence-corrected chi connectivity index (χ4v) is 5.87. The normalized spacial score (nSPS) is 21.4. The van der Waals surface area contributed by atoms with Crippen molar-refractivity contribution in [2.75, 3.05) is 42.9 Å². The van der Waals surface area contributed by atoms with E-state index in [1.54, 1.807) is 6.20 Å². The Balaban J connectivity index is 1.21. The van der Waals surface area contributed by atoms with Crippen LogP contribution in [0.15, 0.2) is 54.7 Å². The summed E-state index contributed by atoms with van der Waals surface area (Å²) in [5.41, 5.74) is 2.33. The lowest BCUT2D eigenvalue weighted by atomic mass is 9.89. The molecule has 2 fully saturated rings. The van der Waals surface area contributed by atoms with E-state index in [4.69, 9.17) is 0 Å². The summed E-state index contributed by atoms with van der Waals surface area (Å²) in [6.45, 7) is 5.12. The number of pyridine rings is 1. The zero-order valence-electron chi connectivity index (χ0n) is 20.8. The van der Waals surface area contributed by atoms with E-state index < -0.39 is 0 Å². The molecule has 2 N–H and O–H groups in total. The molecule has 1 saturated carbocycles. The maximum absolute atomic E-state index is 12.8. The molecule has 1 amide bonds. The SMILES string of the molecule is O=C1Nc2cccnc2N(C/C=C\CN2CCCCC2CNCC2CCCCC2)c2ccccc21. The Morgan fingerprint density at radius 1 is 0.943 bits per heavy atom. The summed E-state index contributed by atoms with van der Waals surface area (Å²) in [4.78, 5) is 22.2. The molecule has 0 bridgehead atoms. The van der Waals surface area contributed by atoms with Crippen molar-refractivity contribution in [3.8, 4) is 0 Å². The predicted octanol–water partition coefficient (Wildman–Crippen LogP) is 5.37. The molecular formula is C29H39N5O. The zero-order valence-corrected chi connectivity index (χ0v) is 20.8. The molecule has 1 aromatic heterocycles. The Bertz CT molecular complexity index is 1020. The van der Waals surface area contributed by atoms with Crippen molar-refractivity contribution in [3.05, 3.63) is 60.3 Å². The summed E-state index contributed by atoms with van der Waals surface area (Å²) in [5, 5.41) is 6.83. The van der Waals surface area contributed by atoms with Crippen LogP contribution < -0.4 is 15.5 Å². The first-order valence-electron chi connectivity index (χ1n) is 13.5. The molecule has 5 rings (SSSR count). The minimum Gasteiger partial charge on any atom is -0.320 e. The Kier molecular flexibility index (Phi) is 8.11. The quantitative estimate of drug-likeness (QED) is 0.505. The first-order chi connectivity index (χ1) is 17.3. The van der Waals surface area contributed by atoms with Crippen LogP contribution in [-0.4, -0.2) is 54.6 Å². The summed E-state index contributed by atoms with van der Waals surface area (Å²) in [7, 11) is 0. The summed E-state index contributed by atoms with van der Waals surface area (Å²) >= 11 is 0. The summed E-state index contributed by atoms with van der Waals surface area (Å²) in [6.07, 6.45) is 17.3. The maximum atomic E-state index is 12.8. The number of nitrogens with one attached hydrogen (secondary N) is 2. The number of amides is 1. The molecule has 2 aliphatic heterocycles. The van der Waals surface area contributed by atoms with Crippen LogP contribution in [0.3, 0.4) is 0 Å². The molecule has 1 atom stereocenters. The lowest BCUT2D eigenvalue weighted by Crippen LogP contribution is -2.46. The fraction of sp³-hybridized carbons (Fsp3) is 0.517. The van der Waals surface area contributed by atoms with Gasteiger partial charge in [-0.05, 0) is 69.0 Å². The summed E-state index contributed by atoms with van der Waals surface area (Å²) in [6, 6.07) is 12.2. The van der Waals surface area contributed by atoms with Crippen molar-refractivity contribution in [1.82, 2.24) is 15.2 Å². The molecule has 1 unspecified atom stereocenters. The third-order valence-electron chi connectivity index (χ3n) is 7.81. The van der Waals surface area contributed by atoms with E-state index in [1.165, 1.54) is 64.5 Å². The predicted molar refractivity (Wildman–Crippen MR) is 143 cm³/mol. The number of fused-ring (bicyclic) bond motifs is 2. The molecule has 6 heteroatoms. The number of carbonyl (C=O) groups is 1. The second-order valence-corrected chi connectivity index (χ2v) is 10.2. The average molecular weight is 474 g/mol. The molecule has 2 aromatic rings. The summed E-state index contributed by atoms with van der Waals surface area (Å²) < 4.78 is 0. The molecule has 0 spiro atoms. The maximum Gasteiger partial charge on any atom is 0.257 e. The Labute approximate surface area is 209 Å². The van der Waals surface area contributed by atoms with Crippen molar-refractivity contribution in [1.29, 1.82) is 0 Å². The fourth-order valence-electron chi connectivity index (χ4n) is 5.87. The van der Waals surface area contributed by atoms with E-state index in [0.29, 0.717) is 18.2 Å². The number of likely N-dealkylation sites (tertiary alicyclic amines) is 1. The molecule has 1 aliphatic carbocycles. The Morgan fingerprint density at radius 3 is 2.69 bits per heavy atom. The van der Waals surface area contributed by atoms with E-state index in [9.17, 15) is 4.79 Å². The lowest BCUT2D eigenvalue weighted by Gasteiger charge is -2.35. The van der Waals surface area contributed by atoms with Gasteiger partial charge in [0.05, 0.1) is 16.9 Å². The minimum absolute atomic E-state index is 0.0850. The van der Waals surface area contributed by atoms with Crippen LogP contribution in [-0.2, 0) is 0 Å². The van der Waals surface area contributed by atoms with Crippen molar-refractivity contribution in [3.63, 3.8) is 0 Å². The van der Waals surface area contributed by atoms with Crippen LogP contribution in [0.4, 0.5) is 17.2 Å². The Morgan fingerprint density at radius 2 is 1.77 bits per heavy atom. The van der Waals surface area contributed by atoms with Gasteiger partial charge in [-0.25, -0.2) is 4.98 Å². The average Bonchev–Trinajstić information content (AvgIpc) is 3.02. The van der Waals surface area contributed by atoms with Gasteiger partial charge in [0.15, 0.2) is 5.82 Å². The molecule has 0 radical (unpaired) electrons. The summed E-state index contributed by atoms with van der Waals surface area (Å²) in [5.74, 6) is 1.59. The van der Waals surface area contributed by atoms with Crippen molar-refractivity contribution < 1.29 is 4.79 Å². The van der Waals surface area contributed by atoms with Crippen molar-refractivity contribution in [2.24, 2.45) is 5.92 Å². The van der Waals surface area contributed by atoms with Gasteiger partial charge < -0.3 is 15.5 Å². The van der Waals surface area contributed by atoms with E-state index in [-0.39, 0.29) is 5.91 Å². The molecule has 3 aliphatic rings. The van der Waals surface area contributed by atoms with E-state index in [2.05, 4.69) is 37.6 Å². The van der Waals surface area contributed by atoms with Crippen LogP contribution in [0.5, 0.6) is 0 Å². The third-order valence-corrected chi connectivity index (χ3v) is 7.81. The number of piperidine rings is 1. The van der Waals surface area contributed by atoms with Gasteiger partial charge in [-0.2, -0.15) is 0 Å². The van der Waals surface area contributed by atoms with Crippen LogP contribution in [0.25, 0.3) is 0 Å². The first kappa shape index (κ1) is 24.0. The molecular weight excluding hydrogens is 434 g/mol. The number of hydrogen-bond donors (Lipinski definition) is 2. The van der Waals surface area contributed by atoms with Gasteiger partial charge in [0, 0.05) is 31.9 Å². The topological polar surface area (TPSA) is 60.5 Å². The molecule has 3 heterocycles. The number of hydrogen-bond acceptors (Lipinski definition) is 5. The lowest BCUT2D eigenvalue weighted by molar-refractivity contribution is 0.102. The van der Waals surface area contributed by atoms with Gasteiger partial charge in [0.1, 0.15) is 0 Å². The highest BCUT2D eigenvalue weighted by Crippen LogP contribution is 2.35. The highest BCUT2D eigenvalue weighted by Gasteiger charge is 2.25. The highest BCUT2D eigenvalue weighted by atomic mass is 16.1. The third kappa shape index (κ3) is 5.93. The first-order valence-corrected chi connectivity index (χ1v) is 13.5. The van der Waals surface area contributed by atoms with Gasteiger partial charge in [-0.3, -0.25) is 9.69 Å². The number of anilines is 3. The van der Waals surface area contributed by atoms with E-state index in [0.717, 1.165) is 36.2 Å². The van der Waals surface area contributed by atoms with Crippen LogP contribution in [0.2, 0.25) is 0 Å². The molecule has 1 saturated heterocycles. The zero-order chi connectivity index (χ0) is 23.9. The minimum atomic E-state index is -0.0850. The van der Waals surface area contributed by atoms with Crippen LogP contribution in [0.1, 0.15) is 61.7 Å². The molecule has 35 heavy (non-hydrogen) atoms. The van der Waals surface area contributed by atoms with Gasteiger partial charge in [-0.15, -0.1) is 0 Å². The molecule has 186 valence electrons. The Hall–Kier alpha value is -2.70. The number of rotatable bonds is 8. The number of para-hydroxylation sites is 1. The largest absolute Gasteiger partial charge is 0.320 e. The van der Waals surface area contributed by atoms with Crippen molar-refractivity contribution >= 4 is 23.1 Å². The van der Waals surface area contributed by atoms with Gasteiger partial charge in [0.2, 0.25) is 0 Å². The van der Waals surface area contributed by atoms with E-state index >= 15 is 0 Å². The van der Waals surface area contributed by atoms with Crippen LogP contribution >= 0.6 is 0 Å². The smallest absolute Gasteiger partial charge is 0.257 e. The number of aromatic nitrogens is 1. The highest BCUT2D eigenvalue weighted by molar-refractivity contribution is 6.12.